The zero-order valence-corrected chi connectivity index (χ0v) is 14.3. The van der Waals surface area contributed by atoms with E-state index in [9.17, 15) is 4.79 Å². The van der Waals surface area contributed by atoms with Gasteiger partial charge in [-0.25, -0.2) is 9.97 Å². The van der Waals surface area contributed by atoms with E-state index in [1.165, 1.54) is 0 Å². The van der Waals surface area contributed by atoms with Crippen molar-refractivity contribution in [3.63, 3.8) is 0 Å². The standard InChI is InChI=1S/C16H26N6O2/c1-20-6-8-22(9-7-20)15(23)14-2-3-17-16(19-14)18-4-5-21-10-12-24-13-11-21/h2-3H,4-13H2,1H3,(H,17,18,19). The molecule has 24 heavy (non-hydrogen) atoms. The van der Waals surface area contributed by atoms with Crippen LogP contribution in [0.1, 0.15) is 10.5 Å². The molecule has 0 aromatic carbocycles. The zero-order valence-electron chi connectivity index (χ0n) is 14.3. The van der Waals surface area contributed by atoms with Crippen LogP contribution in [0.5, 0.6) is 0 Å². The number of carbonyl (C=O) groups excluding carboxylic acids is 1. The minimum atomic E-state index is -0.0123. The summed E-state index contributed by atoms with van der Waals surface area (Å²) in [6.07, 6.45) is 1.65. The summed E-state index contributed by atoms with van der Waals surface area (Å²) in [4.78, 5) is 27.6. The molecule has 1 N–H and O–H groups in total. The number of anilines is 1. The molecule has 0 atom stereocenters. The van der Waals surface area contributed by atoms with E-state index in [2.05, 4.69) is 32.1 Å². The predicted octanol–water partition coefficient (Wildman–Crippen LogP) is -0.392. The first kappa shape index (κ1) is 17.1. The van der Waals surface area contributed by atoms with Crippen LogP contribution >= 0.6 is 0 Å². The third kappa shape index (κ3) is 4.62. The van der Waals surface area contributed by atoms with Crippen molar-refractivity contribution in [2.75, 3.05) is 77.9 Å². The van der Waals surface area contributed by atoms with Gasteiger partial charge in [0, 0.05) is 58.6 Å². The summed E-state index contributed by atoms with van der Waals surface area (Å²) in [5, 5.41) is 3.21. The van der Waals surface area contributed by atoms with E-state index in [-0.39, 0.29) is 5.91 Å². The molecule has 2 saturated heterocycles. The molecule has 1 amide bonds. The molecule has 8 heteroatoms. The van der Waals surface area contributed by atoms with E-state index in [0.717, 1.165) is 65.6 Å². The lowest BCUT2D eigenvalue weighted by molar-refractivity contribution is 0.0398. The Balaban J connectivity index is 1.50. The van der Waals surface area contributed by atoms with Gasteiger partial charge < -0.3 is 19.9 Å². The van der Waals surface area contributed by atoms with Crippen molar-refractivity contribution >= 4 is 11.9 Å². The lowest BCUT2D eigenvalue weighted by Gasteiger charge is -2.32. The summed E-state index contributed by atoms with van der Waals surface area (Å²) in [7, 11) is 2.07. The Hall–Kier alpha value is -1.77. The lowest BCUT2D eigenvalue weighted by atomic mass is 10.3. The first-order chi connectivity index (χ1) is 11.7. The Labute approximate surface area is 142 Å². The number of aromatic nitrogens is 2. The molecule has 0 aliphatic carbocycles. The number of ether oxygens (including phenoxy) is 1. The van der Waals surface area contributed by atoms with Crippen molar-refractivity contribution in [2.24, 2.45) is 0 Å². The van der Waals surface area contributed by atoms with Gasteiger partial charge in [0.2, 0.25) is 5.95 Å². The van der Waals surface area contributed by atoms with Gasteiger partial charge in [-0.1, -0.05) is 0 Å². The minimum Gasteiger partial charge on any atom is -0.379 e. The van der Waals surface area contributed by atoms with Gasteiger partial charge in [0.1, 0.15) is 5.69 Å². The number of carbonyl (C=O) groups is 1. The summed E-state index contributed by atoms with van der Waals surface area (Å²) in [5.41, 5.74) is 0.462. The molecule has 0 bridgehead atoms. The third-order valence-corrected chi connectivity index (χ3v) is 4.48. The SMILES string of the molecule is CN1CCN(C(=O)c2ccnc(NCCN3CCOCC3)n2)CC1. The molecule has 2 aliphatic rings. The maximum Gasteiger partial charge on any atom is 0.272 e. The number of nitrogens with zero attached hydrogens (tertiary/aromatic N) is 5. The number of hydrogen-bond donors (Lipinski definition) is 1. The summed E-state index contributed by atoms with van der Waals surface area (Å²) in [5.74, 6) is 0.505. The van der Waals surface area contributed by atoms with Crippen LogP contribution in [0.3, 0.4) is 0 Å². The van der Waals surface area contributed by atoms with Gasteiger partial charge in [0.25, 0.3) is 5.91 Å². The highest BCUT2D eigenvalue weighted by molar-refractivity contribution is 5.92. The summed E-state index contributed by atoms with van der Waals surface area (Å²) < 4.78 is 5.34. The number of likely N-dealkylation sites (N-methyl/N-ethyl adjacent to an activating group) is 1. The van der Waals surface area contributed by atoms with Crippen molar-refractivity contribution in [1.82, 2.24) is 24.7 Å². The molecule has 2 aliphatic heterocycles. The molecule has 1 aromatic heterocycles. The van der Waals surface area contributed by atoms with Crippen molar-refractivity contribution in [3.05, 3.63) is 18.0 Å². The van der Waals surface area contributed by atoms with Crippen LogP contribution in [-0.4, -0.2) is 103 Å². The molecule has 8 nitrogen and oxygen atoms in total. The zero-order chi connectivity index (χ0) is 16.8. The first-order valence-electron chi connectivity index (χ1n) is 8.57. The van der Waals surface area contributed by atoms with Crippen LogP contribution in [-0.2, 0) is 4.74 Å². The first-order valence-corrected chi connectivity index (χ1v) is 8.57. The fourth-order valence-corrected chi connectivity index (χ4v) is 2.89. The second-order valence-electron chi connectivity index (χ2n) is 6.24. The number of hydrogen-bond acceptors (Lipinski definition) is 7. The molecule has 0 unspecified atom stereocenters. The number of morpholine rings is 1. The average molecular weight is 334 g/mol. The van der Waals surface area contributed by atoms with E-state index >= 15 is 0 Å². The van der Waals surface area contributed by atoms with Gasteiger partial charge in [0.15, 0.2) is 0 Å². The van der Waals surface area contributed by atoms with Gasteiger partial charge in [-0.05, 0) is 13.1 Å². The quantitative estimate of drug-likeness (QED) is 0.786. The topological polar surface area (TPSA) is 73.8 Å². The van der Waals surface area contributed by atoms with Crippen LogP contribution in [0.25, 0.3) is 0 Å². The van der Waals surface area contributed by atoms with Gasteiger partial charge >= 0.3 is 0 Å². The number of rotatable bonds is 5. The van der Waals surface area contributed by atoms with Crippen molar-refractivity contribution < 1.29 is 9.53 Å². The summed E-state index contributed by atoms with van der Waals surface area (Å²) >= 11 is 0. The van der Waals surface area contributed by atoms with Gasteiger partial charge in [-0.2, -0.15) is 0 Å². The normalized spacial score (nSPS) is 20.1. The van der Waals surface area contributed by atoms with Gasteiger partial charge in [-0.3, -0.25) is 9.69 Å². The molecule has 0 spiro atoms. The van der Waals surface area contributed by atoms with E-state index < -0.39 is 0 Å². The highest BCUT2D eigenvalue weighted by Gasteiger charge is 2.21. The van der Waals surface area contributed by atoms with Gasteiger partial charge in [-0.15, -0.1) is 0 Å². The van der Waals surface area contributed by atoms with Crippen LogP contribution in [0.15, 0.2) is 12.3 Å². The van der Waals surface area contributed by atoms with Crippen LogP contribution in [0.4, 0.5) is 5.95 Å². The second-order valence-corrected chi connectivity index (χ2v) is 6.24. The second kappa shape index (κ2) is 8.36. The van der Waals surface area contributed by atoms with Crippen molar-refractivity contribution in [3.8, 4) is 0 Å². The van der Waals surface area contributed by atoms with Crippen LogP contribution in [0, 0.1) is 0 Å². The predicted molar refractivity (Wildman–Crippen MR) is 91.2 cm³/mol. The summed E-state index contributed by atoms with van der Waals surface area (Å²) in [6, 6.07) is 1.69. The van der Waals surface area contributed by atoms with Crippen LogP contribution in [0.2, 0.25) is 0 Å². The molecule has 3 rings (SSSR count). The highest BCUT2D eigenvalue weighted by atomic mass is 16.5. The van der Waals surface area contributed by atoms with E-state index in [1.807, 2.05) is 4.90 Å². The molecule has 132 valence electrons. The molecule has 1 aromatic rings. The lowest BCUT2D eigenvalue weighted by Crippen LogP contribution is -2.47. The molecule has 0 radical (unpaired) electrons. The van der Waals surface area contributed by atoms with E-state index in [0.29, 0.717) is 11.6 Å². The largest absolute Gasteiger partial charge is 0.379 e. The van der Waals surface area contributed by atoms with Crippen molar-refractivity contribution in [1.29, 1.82) is 0 Å². The summed E-state index contributed by atoms with van der Waals surface area (Å²) in [6.45, 7) is 8.50. The molecule has 2 fully saturated rings. The third-order valence-electron chi connectivity index (χ3n) is 4.48. The molecule has 0 saturated carbocycles. The monoisotopic (exact) mass is 334 g/mol. The number of piperazine rings is 1. The fourth-order valence-electron chi connectivity index (χ4n) is 2.89. The Morgan fingerprint density at radius 1 is 1.21 bits per heavy atom. The maximum absolute atomic E-state index is 12.5. The van der Waals surface area contributed by atoms with E-state index in [4.69, 9.17) is 4.74 Å². The minimum absolute atomic E-state index is 0.0123. The smallest absolute Gasteiger partial charge is 0.272 e. The maximum atomic E-state index is 12.5. The van der Waals surface area contributed by atoms with E-state index in [1.54, 1.807) is 12.3 Å². The molecular formula is C16H26N6O2. The Bertz CT molecular complexity index is 541. The fraction of sp³-hybridized carbons (Fsp3) is 0.688. The van der Waals surface area contributed by atoms with Gasteiger partial charge in [0.05, 0.1) is 13.2 Å². The highest BCUT2D eigenvalue weighted by Crippen LogP contribution is 2.08. The average Bonchev–Trinajstić information content (AvgIpc) is 2.63. The Kier molecular flexibility index (Phi) is 5.95. The van der Waals surface area contributed by atoms with Crippen LogP contribution < -0.4 is 5.32 Å². The Morgan fingerprint density at radius 3 is 2.71 bits per heavy atom. The molecular weight excluding hydrogens is 308 g/mol. The molecule has 3 heterocycles. The Morgan fingerprint density at radius 2 is 1.96 bits per heavy atom. The number of nitrogens with one attached hydrogen (secondary N) is 1. The number of amides is 1. The van der Waals surface area contributed by atoms with Crippen molar-refractivity contribution in [2.45, 2.75) is 0 Å².